The number of fused-ring (bicyclic) bond motifs is 2. The van der Waals surface area contributed by atoms with Gasteiger partial charge in [0.15, 0.2) is 11.8 Å². The molecule has 0 saturated carbocycles. The Morgan fingerprint density at radius 3 is 2.55 bits per heavy atom. The highest BCUT2D eigenvalue weighted by Gasteiger charge is 2.36. The van der Waals surface area contributed by atoms with E-state index in [2.05, 4.69) is 37.7 Å². The van der Waals surface area contributed by atoms with Crippen molar-refractivity contribution >= 4 is 5.96 Å². The van der Waals surface area contributed by atoms with Crippen molar-refractivity contribution in [1.29, 1.82) is 0 Å². The molecular weight excluding hydrogens is 392 g/mol. The average molecular weight is 433 g/mol. The molecule has 0 aliphatic carbocycles. The summed E-state index contributed by atoms with van der Waals surface area (Å²) < 4.78 is 7.46. The molecular formula is C22H40N8O. The van der Waals surface area contributed by atoms with Gasteiger partial charge in [-0.25, -0.2) is 4.99 Å². The number of guanidine groups is 1. The standard InChI is InChI=1S/C22H40N8O/c1-17-26-27-21(28(17)2)16-24-22(23-8-5-9-30-10-12-31-13-11-30)25-18-14-19-6-4-7-20(15-18)29(19)3/h18-20H,4-16H2,1-3H3,(H2,23,24,25). The molecule has 31 heavy (non-hydrogen) atoms. The van der Waals surface area contributed by atoms with Crippen LogP contribution in [0, 0.1) is 6.92 Å². The lowest BCUT2D eigenvalue weighted by molar-refractivity contribution is 0.0375. The summed E-state index contributed by atoms with van der Waals surface area (Å²) in [4.78, 5) is 9.97. The molecule has 4 heterocycles. The van der Waals surface area contributed by atoms with Crippen molar-refractivity contribution in [3.8, 4) is 0 Å². The number of aryl methyl sites for hydroxylation is 1. The maximum atomic E-state index is 5.45. The van der Waals surface area contributed by atoms with E-state index in [-0.39, 0.29) is 0 Å². The highest BCUT2D eigenvalue weighted by atomic mass is 16.5. The minimum atomic E-state index is 0.484. The van der Waals surface area contributed by atoms with Crippen LogP contribution in [0.15, 0.2) is 4.99 Å². The lowest BCUT2D eigenvalue weighted by Gasteiger charge is -2.47. The molecule has 2 N–H and O–H groups in total. The van der Waals surface area contributed by atoms with Crippen molar-refractivity contribution in [1.82, 2.24) is 35.2 Å². The normalized spacial score (nSPS) is 28.0. The second-order valence-corrected chi connectivity index (χ2v) is 9.34. The summed E-state index contributed by atoms with van der Waals surface area (Å²) in [5, 5.41) is 15.8. The van der Waals surface area contributed by atoms with Gasteiger partial charge < -0.3 is 24.8 Å². The van der Waals surface area contributed by atoms with Crippen molar-refractivity contribution < 1.29 is 4.74 Å². The Balaban J connectivity index is 1.33. The smallest absolute Gasteiger partial charge is 0.191 e. The van der Waals surface area contributed by atoms with E-state index >= 15 is 0 Å². The largest absolute Gasteiger partial charge is 0.379 e. The SMILES string of the molecule is Cc1nnc(CN=C(NCCCN2CCOCC2)NC2CC3CCCC(C2)N3C)n1C. The van der Waals surface area contributed by atoms with E-state index in [4.69, 9.17) is 9.73 Å². The highest BCUT2D eigenvalue weighted by Crippen LogP contribution is 2.32. The fraction of sp³-hybridized carbons (Fsp3) is 0.864. The lowest BCUT2D eigenvalue weighted by atomic mass is 9.82. The van der Waals surface area contributed by atoms with Gasteiger partial charge in [-0.05, 0) is 52.6 Å². The summed E-state index contributed by atoms with van der Waals surface area (Å²) >= 11 is 0. The fourth-order valence-electron chi connectivity index (χ4n) is 5.15. The Kier molecular flexibility index (Phi) is 7.79. The van der Waals surface area contributed by atoms with E-state index < -0.39 is 0 Å². The molecule has 0 spiro atoms. The Morgan fingerprint density at radius 1 is 1.13 bits per heavy atom. The van der Waals surface area contributed by atoms with Crippen LogP contribution in [0.2, 0.25) is 0 Å². The Hall–Kier alpha value is -1.71. The second-order valence-electron chi connectivity index (χ2n) is 9.34. The van der Waals surface area contributed by atoms with E-state index in [1.165, 1.54) is 32.1 Å². The molecule has 0 radical (unpaired) electrons. The van der Waals surface area contributed by atoms with Gasteiger partial charge >= 0.3 is 0 Å². The summed E-state index contributed by atoms with van der Waals surface area (Å²) in [5.41, 5.74) is 0. The summed E-state index contributed by atoms with van der Waals surface area (Å²) in [6, 6.07) is 1.89. The van der Waals surface area contributed by atoms with Crippen LogP contribution in [0.5, 0.6) is 0 Å². The van der Waals surface area contributed by atoms with E-state index in [1.807, 2.05) is 18.5 Å². The Labute approximate surface area is 186 Å². The fourth-order valence-corrected chi connectivity index (χ4v) is 5.15. The molecule has 0 amide bonds. The molecule has 2 atom stereocenters. The van der Waals surface area contributed by atoms with E-state index in [9.17, 15) is 0 Å². The third kappa shape index (κ3) is 5.96. The molecule has 1 aromatic heterocycles. The number of hydrogen-bond donors (Lipinski definition) is 2. The van der Waals surface area contributed by atoms with Crippen LogP contribution in [-0.2, 0) is 18.3 Å². The molecule has 3 aliphatic rings. The van der Waals surface area contributed by atoms with Gasteiger partial charge in [-0.15, -0.1) is 10.2 Å². The number of piperidine rings is 2. The van der Waals surface area contributed by atoms with Crippen LogP contribution in [0.1, 0.15) is 50.2 Å². The first kappa shape index (κ1) is 22.5. The Bertz CT molecular complexity index is 715. The first-order valence-corrected chi connectivity index (χ1v) is 12.0. The molecule has 2 bridgehead atoms. The van der Waals surface area contributed by atoms with Gasteiger partial charge in [-0.2, -0.15) is 0 Å². The third-order valence-corrected chi connectivity index (χ3v) is 7.29. The maximum Gasteiger partial charge on any atom is 0.191 e. The number of rotatable bonds is 7. The number of aliphatic imine (C=N–C) groups is 1. The van der Waals surface area contributed by atoms with Crippen LogP contribution < -0.4 is 10.6 Å². The number of nitrogens with zero attached hydrogens (tertiary/aromatic N) is 6. The third-order valence-electron chi connectivity index (χ3n) is 7.29. The minimum absolute atomic E-state index is 0.484. The van der Waals surface area contributed by atoms with Gasteiger partial charge in [0.2, 0.25) is 0 Å². The van der Waals surface area contributed by atoms with Crippen molar-refractivity contribution in [2.75, 3.05) is 46.4 Å². The number of nitrogens with one attached hydrogen (secondary N) is 2. The predicted molar refractivity (Wildman–Crippen MR) is 122 cm³/mol. The van der Waals surface area contributed by atoms with Crippen LogP contribution in [0.3, 0.4) is 0 Å². The predicted octanol–water partition coefficient (Wildman–Crippen LogP) is 0.896. The van der Waals surface area contributed by atoms with Crippen molar-refractivity contribution in [2.24, 2.45) is 12.0 Å². The van der Waals surface area contributed by atoms with Crippen LogP contribution >= 0.6 is 0 Å². The molecule has 3 aliphatic heterocycles. The number of morpholine rings is 1. The van der Waals surface area contributed by atoms with Crippen molar-refractivity contribution in [3.63, 3.8) is 0 Å². The summed E-state index contributed by atoms with van der Waals surface area (Å²) in [6.45, 7) is 8.34. The van der Waals surface area contributed by atoms with Crippen LogP contribution in [-0.4, -0.2) is 95.1 Å². The zero-order valence-corrected chi connectivity index (χ0v) is 19.5. The van der Waals surface area contributed by atoms with E-state index in [1.54, 1.807) is 0 Å². The van der Waals surface area contributed by atoms with Crippen LogP contribution in [0.4, 0.5) is 0 Å². The zero-order chi connectivity index (χ0) is 21.6. The number of hydrogen-bond acceptors (Lipinski definition) is 6. The van der Waals surface area contributed by atoms with Gasteiger partial charge in [-0.1, -0.05) is 6.42 Å². The molecule has 2 unspecified atom stereocenters. The molecule has 9 heteroatoms. The summed E-state index contributed by atoms with van der Waals surface area (Å²) in [5.74, 6) is 2.73. The Morgan fingerprint density at radius 2 is 1.87 bits per heavy atom. The topological polar surface area (TPSA) is 82.8 Å². The summed E-state index contributed by atoms with van der Waals surface area (Å²) in [7, 11) is 4.31. The van der Waals surface area contributed by atoms with Crippen molar-refractivity contribution in [2.45, 2.75) is 70.1 Å². The van der Waals surface area contributed by atoms with Gasteiger partial charge in [0, 0.05) is 44.8 Å². The first-order chi connectivity index (χ1) is 15.1. The molecule has 3 fully saturated rings. The molecule has 4 rings (SSSR count). The molecule has 9 nitrogen and oxygen atoms in total. The van der Waals surface area contributed by atoms with Crippen molar-refractivity contribution in [3.05, 3.63) is 11.6 Å². The van der Waals surface area contributed by atoms with E-state index in [0.717, 1.165) is 63.4 Å². The quantitative estimate of drug-likeness (QED) is 0.376. The van der Waals surface area contributed by atoms with Gasteiger partial charge in [0.25, 0.3) is 0 Å². The molecule has 0 aromatic carbocycles. The van der Waals surface area contributed by atoms with Crippen LogP contribution in [0.25, 0.3) is 0 Å². The molecule has 1 aromatic rings. The molecule has 174 valence electrons. The maximum absolute atomic E-state index is 5.45. The first-order valence-electron chi connectivity index (χ1n) is 12.0. The van der Waals surface area contributed by atoms with Gasteiger partial charge in [0.1, 0.15) is 12.4 Å². The van der Waals surface area contributed by atoms with Gasteiger partial charge in [-0.3, -0.25) is 4.90 Å². The summed E-state index contributed by atoms with van der Waals surface area (Å²) in [6.07, 6.45) is 7.52. The highest BCUT2D eigenvalue weighted by molar-refractivity contribution is 5.80. The number of ether oxygens (including phenoxy) is 1. The lowest BCUT2D eigenvalue weighted by Crippen LogP contribution is -2.56. The van der Waals surface area contributed by atoms with E-state index in [0.29, 0.717) is 24.7 Å². The number of aromatic nitrogens is 3. The monoisotopic (exact) mass is 432 g/mol. The zero-order valence-electron chi connectivity index (χ0n) is 19.5. The molecule has 3 saturated heterocycles. The van der Waals surface area contributed by atoms with Gasteiger partial charge in [0.05, 0.1) is 13.2 Å². The minimum Gasteiger partial charge on any atom is -0.379 e. The second kappa shape index (κ2) is 10.7. The average Bonchev–Trinajstić information content (AvgIpc) is 3.08.